The lowest BCUT2D eigenvalue weighted by molar-refractivity contribution is 0.377. The molecule has 0 aliphatic carbocycles. The van der Waals surface area contributed by atoms with Crippen LogP contribution in [0.15, 0.2) is 24.3 Å². The van der Waals surface area contributed by atoms with Crippen LogP contribution in [0.4, 0.5) is 0 Å². The number of rotatable bonds is 2. The van der Waals surface area contributed by atoms with Crippen molar-refractivity contribution in [2.24, 2.45) is 0 Å². The Bertz CT molecular complexity index is 323. The van der Waals surface area contributed by atoms with Gasteiger partial charge in [0.05, 0.1) is 0 Å². The molecule has 1 fully saturated rings. The van der Waals surface area contributed by atoms with Crippen molar-refractivity contribution < 1.29 is 0 Å². The predicted octanol–water partition coefficient (Wildman–Crippen LogP) is 3.37. The van der Waals surface area contributed by atoms with Gasteiger partial charge in [0.2, 0.25) is 0 Å². The van der Waals surface area contributed by atoms with Crippen LogP contribution in [0.5, 0.6) is 0 Å². The highest BCUT2D eigenvalue weighted by Gasteiger charge is 2.32. The van der Waals surface area contributed by atoms with Gasteiger partial charge in [0.15, 0.2) is 0 Å². The lowest BCUT2D eigenvalue weighted by Gasteiger charge is -2.32. The Balaban J connectivity index is 2.23. The molecule has 1 heterocycles. The Labute approximate surface area is 96.8 Å². The SMILES string of the molecule is CC(C)(c1ccc(Cl)cc1)C1CCCN1. The van der Waals surface area contributed by atoms with E-state index < -0.39 is 0 Å². The summed E-state index contributed by atoms with van der Waals surface area (Å²) in [4.78, 5) is 0. The molecule has 0 bridgehead atoms. The van der Waals surface area contributed by atoms with E-state index in [-0.39, 0.29) is 5.41 Å². The molecule has 0 amide bonds. The van der Waals surface area contributed by atoms with E-state index in [0.29, 0.717) is 6.04 Å². The van der Waals surface area contributed by atoms with Gasteiger partial charge in [-0.2, -0.15) is 0 Å². The zero-order chi connectivity index (χ0) is 10.9. The summed E-state index contributed by atoms with van der Waals surface area (Å²) >= 11 is 5.91. The van der Waals surface area contributed by atoms with Crippen molar-refractivity contribution in [1.82, 2.24) is 5.32 Å². The van der Waals surface area contributed by atoms with Gasteiger partial charge in [0, 0.05) is 16.5 Å². The average Bonchev–Trinajstić information content (AvgIpc) is 2.71. The molecule has 0 spiro atoms. The third-order valence-corrected chi connectivity index (χ3v) is 3.77. The smallest absolute Gasteiger partial charge is 0.0406 e. The van der Waals surface area contributed by atoms with Crippen LogP contribution < -0.4 is 5.32 Å². The molecule has 1 aromatic rings. The van der Waals surface area contributed by atoms with Crippen LogP contribution in [-0.2, 0) is 5.41 Å². The molecule has 1 aliphatic heterocycles. The van der Waals surface area contributed by atoms with Gasteiger partial charge in [-0.3, -0.25) is 0 Å². The van der Waals surface area contributed by atoms with Gasteiger partial charge in [-0.05, 0) is 37.1 Å². The molecule has 1 aromatic carbocycles. The summed E-state index contributed by atoms with van der Waals surface area (Å²) < 4.78 is 0. The van der Waals surface area contributed by atoms with Crippen molar-refractivity contribution in [2.45, 2.75) is 38.1 Å². The van der Waals surface area contributed by atoms with E-state index in [1.54, 1.807) is 0 Å². The van der Waals surface area contributed by atoms with E-state index >= 15 is 0 Å². The van der Waals surface area contributed by atoms with Crippen molar-refractivity contribution in [2.75, 3.05) is 6.54 Å². The number of halogens is 1. The summed E-state index contributed by atoms with van der Waals surface area (Å²) in [6.07, 6.45) is 2.57. The van der Waals surface area contributed by atoms with Crippen molar-refractivity contribution in [1.29, 1.82) is 0 Å². The molecule has 2 heteroatoms. The van der Waals surface area contributed by atoms with E-state index in [1.807, 2.05) is 12.1 Å². The molecule has 0 radical (unpaired) electrons. The number of hydrogen-bond acceptors (Lipinski definition) is 1. The van der Waals surface area contributed by atoms with Crippen LogP contribution in [0.3, 0.4) is 0 Å². The largest absolute Gasteiger partial charge is 0.313 e. The average molecular weight is 224 g/mol. The highest BCUT2D eigenvalue weighted by molar-refractivity contribution is 6.30. The monoisotopic (exact) mass is 223 g/mol. The second kappa shape index (κ2) is 4.15. The fourth-order valence-corrected chi connectivity index (χ4v) is 2.51. The van der Waals surface area contributed by atoms with Crippen LogP contribution in [0.1, 0.15) is 32.3 Å². The van der Waals surface area contributed by atoms with Crippen LogP contribution in [-0.4, -0.2) is 12.6 Å². The summed E-state index contributed by atoms with van der Waals surface area (Å²) in [7, 11) is 0. The Morgan fingerprint density at radius 3 is 2.47 bits per heavy atom. The summed E-state index contributed by atoms with van der Waals surface area (Å²) in [5, 5.41) is 4.39. The third-order valence-electron chi connectivity index (χ3n) is 3.52. The van der Waals surface area contributed by atoms with Gasteiger partial charge in [-0.1, -0.05) is 37.6 Å². The number of benzene rings is 1. The summed E-state index contributed by atoms with van der Waals surface area (Å²) in [6.45, 7) is 5.76. The molecule has 1 N–H and O–H groups in total. The quantitative estimate of drug-likeness (QED) is 0.811. The van der Waals surface area contributed by atoms with Gasteiger partial charge in [-0.15, -0.1) is 0 Å². The maximum Gasteiger partial charge on any atom is 0.0406 e. The Morgan fingerprint density at radius 1 is 1.27 bits per heavy atom. The molecule has 1 saturated heterocycles. The molecule has 1 aliphatic rings. The third kappa shape index (κ3) is 2.19. The zero-order valence-corrected chi connectivity index (χ0v) is 10.1. The molecule has 0 aromatic heterocycles. The van der Waals surface area contributed by atoms with Crippen molar-refractivity contribution >= 4 is 11.6 Å². The Hall–Kier alpha value is -0.530. The van der Waals surface area contributed by atoms with Crippen LogP contribution in [0.25, 0.3) is 0 Å². The van der Waals surface area contributed by atoms with Crippen LogP contribution in [0, 0.1) is 0 Å². The van der Waals surface area contributed by atoms with E-state index in [0.717, 1.165) is 11.6 Å². The molecule has 82 valence electrons. The fourth-order valence-electron chi connectivity index (χ4n) is 2.38. The van der Waals surface area contributed by atoms with E-state index in [1.165, 1.54) is 18.4 Å². The normalized spacial score (nSPS) is 21.9. The summed E-state index contributed by atoms with van der Waals surface area (Å²) in [5.74, 6) is 0. The molecule has 1 unspecified atom stereocenters. The molecule has 15 heavy (non-hydrogen) atoms. The van der Waals surface area contributed by atoms with Crippen LogP contribution in [0.2, 0.25) is 5.02 Å². The van der Waals surface area contributed by atoms with Crippen molar-refractivity contribution in [3.63, 3.8) is 0 Å². The van der Waals surface area contributed by atoms with Gasteiger partial charge >= 0.3 is 0 Å². The van der Waals surface area contributed by atoms with Gasteiger partial charge in [-0.25, -0.2) is 0 Å². The molecule has 1 atom stereocenters. The predicted molar refractivity (Wildman–Crippen MR) is 65.5 cm³/mol. The number of hydrogen-bond donors (Lipinski definition) is 1. The lowest BCUT2D eigenvalue weighted by Crippen LogP contribution is -2.40. The van der Waals surface area contributed by atoms with Crippen LogP contribution >= 0.6 is 11.6 Å². The first-order valence-electron chi connectivity index (χ1n) is 5.60. The van der Waals surface area contributed by atoms with Crippen molar-refractivity contribution in [3.8, 4) is 0 Å². The second-order valence-electron chi connectivity index (χ2n) is 4.88. The fraction of sp³-hybridized carbons (Fsp3) is 0.538. The van der Waals surface area contributed by atoms with Gasteiger partial charge in [0.1, 0.15) is 0 Å². The van der Waals surface area contributed by atoms with E-state index in [4.69, 9.17) is 11.6 Å². The maximum atomic E-state index is 5.91. The summed E-state index contributed by atoms with van der Waals surface area (Å²) in [5.41, 5.74) is 1.56. The highest BCUT2D eigenvalue weighted by atomic mass is 35.5. The highest BCUT2D eigenvalue weighted by Crippen LogP contribution is 2.32. The van der Waals surface area contributed by atoms with E-state index in [2.05, 4.69) is 31.3 Å². The standard InChI is InChI=1S/C13H18ClN/c1-13(2,12-4-3-9-15-12)10-5-7-11(14)8-6-10/h5-8,12,15H,3-4,9H2,1-2H3. The minimum atomic E-state index is 0.196. The Kier molecular flexibility index (Phi) is 3.03. The summed E-state index contributed by atoms with van der Waals surface area (Å²) in [6, 6.07) is 8.84. The minimum Gasteiger partial charge on any atom is -0.313 e. The zero-order valence-electron chi connectivity index (χ0n) is 9.39. The minimum absolute atomic E-state index is 0.196. The molecule has 1 nitrogen and oxygen atoms in total. The first-order valence-corrected chi connectivity index (χ1v) is 5.98. The van der Waals surface area contributed by atoms with Crippen molar-refractivity contribution in [3.05, 3.63) is 34.9 Å². The first-order chi connectivity index (χ1) is 7.10. The van der Waals surface area contributed by atoms with E-state index in [9.17, 15) is 0 Å². The maximum absolute atomic E-state index is 5.91. The molecule has 0 saturated carbocycles. The molecule has 2 rings (SSSR count). The topological polar surface area (TPSA) is 12.0 Å². The van der Waals surface area contributed by atoms with Gasteiger partial charge in [0.25, 0.3) is 0 Å². The molecular weight excluding hydrogens is 206 g/mol. The number of nitrogens with one attached hydrogen (secondary N) is 1. The second-order valence-corrected chi connectivity index (χ2v) is 5.31. The van der Waals surface area contributed by atoms with Gasteiger partial charge < -0.3 is 5.32 Å². The lowest BCUT2D eigenvalue weighted by atomic mass is 9.77. The molecular formula is C13H18ClN. The first kappa shape index (κ1) is 11.0. The Morgan fingerprint density at radius 2 is 1.93 bits per heavy atom.